The van der Waals surface area contributed by atoms with Crippen LogP contribution in [0.15, 0.2) is 60.8 Å². The molecule has 0 aliphatic carbocycles. The molecular weight excluding hydrogens is 414 g/mol. The summed E-state index contributed by atoms with van der Waals surface area (Å²) in [5, 5.41) is 0. The van der Waals surface area contributed by atoms with Crippen molar-refractivity contribution in [1.29, 1.82) is 0 Å². The van der Waals surface area contributed by atoms with Gasteiger partial charge in [0.25, 0.3) is 0 Å². The first-order valence-corrected chi connectivity index (χ1v) is 11.6. The van der Waals surface area contributed by atoms with Gasteiger partial charge in [-0.25, -0.2) is 4.98 Å². The number of benzene rings is 2. The monoisotopic (exact) mass is 445 g/mol. The van der Waals surface area contributed by atoms with E-state index in [1.54, 1.807) is 0 Å². The van der Waals surface area contributed by atoms with E-state index in [0.29, 0.717) is 6.54 Å². The van der Waals surface area contributed by atoms with Gasteiger partial charge in [-0.1, -0.05) is 68.4 Å². The maximum Gasteiger partial charge on any atom is 0.306 e. The number of imidazole rings is 1. The van der Waals surface area contributed by atoms with Crippen LogP contribution in [0.25, 0.3) is 22.4 Å². The van der Waals surface area contributed by atoms with Gasteiger partial charge in [0.15, 0.2) is 0 Å². The van der Waals surface area contributed by atoms with Crippen LogP contribution in [0.3, 0.4) is 0 Å². The van der Waals surface area contributed by atoms with Crippen molar-refractivity contribution in [3.05, 3.63) is 66.6 Å². The number of nitrogens with one attached hydrogen (secondary N) is 1. The molecule has 0 bridgehead atoms. The minimum atomic E-state index is -0.391. The number of nitrogens with zero attached hydrogens (tertiary/aromatic N) is 2. The lowest BCUT2D eigenvalue weighted by Crippen LogP contribution is -2.39. The summed E-state index contributed by atoms with van der Waals surface area (Å²) >= 11 is 0. The van der Waals surface area contributed by atoms with E-state index in [2.05, 4.69) is 46.4 Å². The van der Waals surface area contributed by atoms with Crippen molar-refractivity contribution in [1.82, 2.24) is 14.9 Å². The molecule has 1 aromatic heterocycles. The predicted octanol–water partition coefficient (Wildman–Crippen LogP) is 5.24. The quantitative estimate of drug-likeness (QED) is 0.505. The molecule has 0 saturated carbocycles. The van der Waals surface area contributed by atoms with Gasteiger partial charge in [0.05, 0.1) is 37.4 Å². The van der Waals surface area contributed by atoms with Gasteiger partial charge < -0.3 is 14.6 Å². The second-order valence-electron chi connectivity index (χ2n) is 8.95. The van der Waals surface area contributed by atoms with Gasteiger partial charge in [0, 0.05) is 6.54 Å². The Labute approximate surface area is 195 Å². The summed E-state index contributed by atoms with van der Waals surface area (Å²) in [5.41, 5.74) is 4.33. The number of amides is 1. The maximum atomic E-state index is 13.3. The average molecular weight is 446 g/mol. The number of H-pyrrole nitrogens is 1. The molecule has 0 spiro atoms. The van der Waals surface area contributed by atoms with Crippen LogP contribution in [0.2, 0.25) is 0 Å². The van der Waals surface area contributed by atoms with E-state index >= 15 is 0 Å². The van der Waals surface area contributed by atoms with Crippen LogP contribution >= 0.6 is 0 Å². The standard InChI is InChI=1S/C27H31N3O3/c1-18(2)22(16-25(31)33-3)27(32)30-15-7-10-24(30)26-28-17-23(29-26)21-13-11-20(12-14-21)19-8-5-4-6-9-19/h4-6,8-9,11-14,17-18,22,24H,7,10,15-16H2,1-3H3,(H,28,29)/t22-,24-/m0/s1. The van der Waals surface area contributed by atoms with Crippen LogP contribution in [-0.2, 0) is 14.3 Å². The number of hydrogen-bond donors (Lipinski definition) is 1. The first-order chi connectivity index (χ1) is 16.0. The highest BCUT2D eigenvalue weighted by molar-refractivity contribution is 5.84. The summed E-state index contributed by atoms with van der Waals surface area (Å²) in [6, 6.07) is 18.6. The van der Waals surface area contributed by atoms with Gasteiger partial charge >= 0.3 is 5.97 Å². The molecule has 2 heterocycles. The predicted molar refractivity (Wildman–Crippen MR) is 128 cm³/mol. The summed E-state index contributed by atoms with van der Waals surface area (Å²) in [6.07, 6.45) is 3.71. The fourth-order valence-electron chi connectivity index (χ4n) is 4.52. The number of aromatic amines is 1. The van der Waals surface area contributed by atoms with Gasteiger partial charge in [0.1, 0.15) is 5.82 Å². The molecule has 0 radical (unpaired) electrons. The van der Waals surface area contributed by atoms with Gasteiger partial charge in [-0.15, -0.1) is 0 Å². The first-order valence-electron chi connectivity index (χ1n) is 11.6. The molecule has 3 aromatic rings. The molecule has 1 aliphatic heterocycles. The Hall–Kier alpha value is -3.41. The largest absolute Gasteiger partial charge is 0.469 e. The molecule has 1 aliphatic rings. The number of rotatable bonds is 7. The minimum Gasteiger partial charge on any atom is -0.469 e. The van der Waals surface area contributed by atoms with Crippen LogP contribution in [-0.4, -0.2) is 40.4 Å². The lowest BCUT2D eigenvalue weighted by molar-refractivity contribution is -0.148. The SMILES string of the molecule is COC(=O)C[C@H](C(=O)N1CCC[C@H]1c1ncc(-c2ccc(-c3ccccc3)cc2)[nH]1)C(C)C. The lowest BCUT2D eigenvalue weighted by atomic mass is 9.91. The number of likely N-dealkylation sites (tertiary alicyclic amines) is 1. The van der Waals surface area contributed by atoms with Crippen LogP contribution in [0.1, 0.15) is 45.0 Å². The second kappa shape index (κ2) is 10.0. The Morgan fingerprint density at radius 2 is 1.73 bits per heavy atom. The van der Waals surface area contributed by atoms with Crippen molar-refractivity contribution in [3.63, 3.8) is 0 Å². The maximum absolute atomic E-state index is 13.3. The molecule has 172 valence electrons. The summed E-state index contributed by atoms with van der Waals surface area (Å²) in [7, 11) is 1.36. The molecule has 4 rings (SSSR count). The fourth-order valence-corrected chi connectivity index (χ4v) is 4.52. The van der Waals surface area contributed by atoms with Gasteiger partial charge in [-0.3, -0.25) is 9.59 Å². The Bertz CT molecular complexity index is 1090. The van der Waals surface area contributed by atoms with E-state index in [0.717, 1.165) is 35.5 Å². The van der Waals surface area contributed by atoms with E-state index in [1.165, 1.54) is 12.7 Å². The van der Waals surface area contributed by atoms with E-state index in [1.807, 2.05) is 43.1 Å². The summed E-state index contributed by atoms with van der Waals surface area (Å²) in [4.78, 5) is 35.2. The van der Waals surface area contributed by atoms with Crippen molar-refractivity contribution in [2.75, 3.05) is 13.7 Å². The third kappa shape index (κ3) is 5.00. The first kappa shape index (κ1) is 22.8. The lowest BCUT2D eigenvalue weighted by Gasteiger charge is -2.29. The molecule has 2 aromatic carbocycles. The molecule has 1 fully saturated rings. The average Bonchev–Trinajstić information content (AvgIpc) is 3.52. The van der Waals surface area contributed by atoms with Crippen LogP contribution in [0, 0.1) is 11.8 Å². The summed E-state index contributed by atoms with van der Waals surface area (Å²) in [6.45, 7) is 4.62. The summed E-state index contributed by atoms with van der Waals surface area (Å²) < 4.78 is 4.82. The fraction of sp³-hybridized carbons (Fsp3) is 0.370. The Morgan fingerprint density at radius 3 is 2.39 bits per heavy atom. The second-order valence-corrected chi connectivity index (χ2v) is 8.95. The Kier molecular flexibility index (Phi) is 6.92. The topological polar surface area (TPSA) is 75.3 Å². The minimum absolute atomic E-state index is 0.00284. The number of carbonyl (C=O) groups is 2. The normalized spacial score (nSPS) is 16.7. The number of hydrogen-bond acceptors (Lipinski definition) is 4. The highest BCUT2D eigenvalue weighted by Crippen LogP contribution is 2.34. The Balaban J connectivity index is 1.51. The molecule has 0 unspecified atom stereocenters. The van der Waals surface area contributed by atoms with E-state index in [4.69, 9.17) is 4.74 Å². The van der Waals surface area contributed by atoms with E-state index in [-0.39, 0.29) is 30.3 Å². The highest BCUT2D eigenvalue weighted by Gasteiger charge is 2.37. The highest BCUT2D eigenvalue weighted by atomic mass is 16.5. The molecule has 1 saturated heterocycles. The van der Waals surface area contributed by atoms with E-state index < -0.39 is 5.92 Å². The number of methoxy groups -OCH3 is 1. The zero-order valence-corrected chi connectivity index (χ0v) is 19.5. The van der Waals surface area contributed by atoms with Gasteiger partial charge in [0.2, 0.25) is 5.91 Å². The third-order valence-corrected chi connectivity index (χ3v) is 6.49. The number of esters is 1. The molecule has 33 heavy (non-hydrogen) atoms. The molecule has 2 atom stereocenters. The van der Waals surface area contributed by atoms with Crippen LogP contribution in [0.4, 0.5) is 0 Å². The van der Waals surface area contributed by atoms with Gasteiger partial charge in [-0.2, -0.15) is 0 Å². The zero-order valence-electron chi connectivity index (χ0n) is 19.5. The molecule has 1 amide bonds. The van der Waals surface area contributed by atoms with Crippen LogP contribution < -0.4 is 0 Å². The smallest absolute Gasteiger partial charge is 0.306 e. The molecule has 6 heteroatoms. The molecule has 1 N–H and O–H groups in total. The third-order valence-electron chi connectivity index (χ3n) is 6.49. The number of carbonyl (C=O) groups excluding carboxylic acids is 2. The van der Waals surface area contributed by atoms with Crippen LogP contribution in [0.5, 0.6) is 0 Å². The number of aromatic nitrogens is 2. The molecular formula is C27H31N3O3. The van der Waals surface area contributed by atoms with Crippen molar-refractivity contribution < 1.29 is 14.3 Å². The number of ether oxygens (including phenoxy) is 1. The van der Waals surface area contributed by atoms with Crippen molar-refractivity contribution in [2.45, 2.75) is 39.2 Å². The zero-order chi connectivity index (χ0) is 23.4. The van der Waals surface area contributed by atoms with Crippen molar-refractivity contribution >= 4 is 11.9 Å². The summed E-state index contributed by atoms with van der Waals surface area (Å²) in [5.74, 6) is 0.106. The van der Waals surface area contributed by atoms with Crippen molar-refractivity contribution in [3.8, 4) is 22.4 Å². The molecule has 6 nitrogen and oxygen atoms in total. The Morgan fingerprint density at radius 1 is 1.06 bits per heavy atom. The van der Waals surface area contributed by atoms with E-state index in [9.17, 15) is 9.59 Å². The van der Waals surface area contributed by atoms with Crippen molar-refractivity contribution in [2.24, 2.45) is 11.8 Å². The van der Waals surface area contributed by atoms with Gasteiger partial charge in [-0.05, 0) is 35.4 Å².